The molecule has 1 heterocycles. The fourth-order valence-electron chi connectivity index (χ4n) is 4.30. The maximum atomic E-state index is 14.6. The Bertz CT molecular complexity index is 1700. The third kappa shape index (κ3) is 6.91. The minimum atomic E-state index is -4.97. The van der Waals surface area contributed by atoms with Crippen molar-refractivity contribution in [2.24, 2.45) is 0 Å². The molecule has 1 amide bonds. The number of hydrogen-bond acceptors (Lipinski definition) is 5. The summed E-state index contributed by atoms with van der Waals surface area (Å²) in [6.45, 7) is 1.89. The Morgan fingerprint density at radius 1 is 1.05 bits per heavy atom. The van der Waals surface area contributed by atoms with Crippen molar-refractivity contribution < 1.29 is 40.7 Å². The van der Waals surface area contributed by atoms with Crippen molar-refractivity contribution in [3.8, 4) is 11.1 Å². The van der Waals surface area contributed by atoms with Crippen LogP contribution in [0.2, 0.25) is 5.02 Å². The molecule has 0 unspecified atom stereocenters. The lowest BCUT2D eigenvalue weighted by Crippen LogP contribution is -2.22. The summed E-state index contributed by atoms with van der Waals surface area (Å²) in [5.41, 5.74) is -2.38. The van der Waals surface area contributed by atoms with Gasteiger partial charge in [-0.15, -0.1) is 0 Å². The third-order valence-electron chi connectivity index (χ3n) is 6.08. The Morgan fingerprint density at radius 2 is 1.80 bits per heavy atom. The second kappa shape index (κ2) is 12.1. The molecule has 214 valence electrons. The van der Waals surface area contributed by atoms with E-state index >= 15 is 0 Å². The molecule has 1 aromatic heterocycles. The van der Waals surface area contributed by atoms with Crippen LogP contribution in [0.4, 0.5) is 27.6 Å². The van der Waals surface area contributed by atoms with Crippen LogP contribution in [0.25, 0.3) is 22.1 Å². The van der Waals surface area contributed by atoms with Crippen LogP contribution in [0.3, 0.4) is 0 Å². The van der Waals surface area contributed by atoms with E-state index in [0.29, 0.717) is 11.1 Å². The minimum absolute atomic E-state index is 0.0632. The Morgan fingerprint density at radius 3 is 2.51 bits per heavy atom. The number of halogens is 6. The summed E-state index contributed by atoms with van der Waals surface area (Å²) in [5.74, 6) is -3.46. The van der Waals surface area contributed by atoms with Gasteiger partial charge in [0.15, 0.2) is 0 Å². The zero-order valence-corrected chi connectivity index (χ0v) is 22.1. The van der Waals surface area contributed by atoms with Crippen molar-refractivity contribution in [3.05, 3.63) is 98.4 Å². The Kier molecular flexibility index (Phi) is 8.77. The van der Waals surface area contributed by atoms with Gasteiger partial charge in [0.05, 0.1) is 34.9 Å². The highest BCUT2D eigenvalue weighted by Gasteiger charge is 2.34. The number of anilines is 1. The van der Waals surface area contributed by atoms with Gasteiger partial charge >= 0.3 is 17.8 Å². The number of esters is 1. The molecule has 0 radical (unpaired) electrons. The monoisotopic (exact) mass is 593 g/mol. The molecule has 0 aliphatic heterocycles. The van der Waals surface area contributed by atoms with E-state index in [1.165, 1.54) is 0 Å². The van der Waals surface area contributed by atoms with Gasteiger partial charge in [0.2, 0.25) is 5.91 Å². The van der Waals surface area contributed by atoms with Crippen LogP contribution < -0.4 is 10.9 Å². The quantitative estimate of drug-likeness (QED) is 0.134. The normalized spacial score (nSPS) is 11.5. The first kappa shape index (κ1) is 29.7. The van der Waals surface area contributed by atoms with E-state index in [1.807, 2.05) is 0 Å². The van der Waals surface area contributed by atoms with Gasteiger partial charge in [0, 0.05) is 23.4 Å². The minimum Gasteiger partial charge on any atom is -0.466 e. The maximum Gasteiger partial charge on any atom is 0.418 e. The third-order valence-corrected chi connectivity index (χ3v) is 6.37. The number of rotatable bonds is 8. The van der Waals surface area contributed by atoms with E-state index in [9.17, 15) is 36.3 Å². The number of nitrogens with one attached hydrogen (secondary N) is 1. The predicted molar refractivity (Wildman–Crippen MR) is 142 cm³/mol. The molecule has 0 saturated heterocycles. The Balaban J connectivity index is 1.79. The maximum absolute atomic E-state index is 14.6. The zero-order chi connectivity index (χ0) is 29.9. The Hall–Kier alpha value is -4.25. The lowest BCUT2D eigenvalue weighted by Gasteiger charge is -2.16. The summed E-state index contributed by atoms with van der Waals surface area (Å²) in [6.07, 6.45) is -5.40. The average molecular weight is 594 g/mol. The lowest BCUT2D eigenvalue weighted by atomic mass is 9.93. The largest absolute Gasteiger partial charge is 0.466 e. The molecule has 0 atom stereocenters. The number of benzene rings is 3. The molecule has 12 heteroatoms. The molecule has 0 fully saturated rings. The number of hydrogen-bond donors (Lipinski definition) is 1. The highest BCUT2D eigenvalue weighted by atomic mass is 35.5. The van der Waals surface area contributed by atoms with Gasteiger partial charge in [-0.1, -0.05) is 35.9 Å². The van der Waals surface area contributed by atoms with E-state index in [-0.39, 0.29) is 52.6 Å². The number of carbonyl (C=O) groups is 2. The van der Waals surface area contributed by atoms with Gasteiger partial charge in [-0.05, 0) is 48.7 Å². The summed E-state index contributed by atoms with van der Waals surface area (Å²) < 4.78 is 78.6. The first-order chi connectivity index (χ1) is 19.4. The molecule has 0 spiro atoms. The van der Waals surface area contributed by atoms with Gasteiger partial charge < -0.3 is 14.5 Å². The first-order valence-electron chi connectivity index (χ1n) is 12.2. The lowest BCUT2D eigenvalue weighted by molar-refractivity contribution is -0.143. The van der Waals surface area contributed by atoms with Crippen molar-refractivity contribution in [2.75, 3.05) is 11.9 Å². The molecule has 0 saturated carbocycles. The molecule has 6 nitrogen and oxygen atoms in total. The number of alkyl halides is 3. The van der Waals surface area contributed by atoms with Gasteiger partial charge in [0.1, 0.15) is 17.2 Å². The van der Waals surface area contributed by atoms with Crippen LogP contribution in [0.15, 0.2) is 63.8 Å². The molecular formula is C29H21ClF5NO5. The molecule has 41 heavy (non-hydrogen) atoms. The molecule has 0 aliphatic rings. The number of amides is 1. The van der Waals surface area contributed by atoms with Crippen LogP contribution in [0, 0.1) is 11.6 Å². The molecule has 1 N–H and O–H groups in total. The summed E-state index contributed by atoms with van der Waals surface area (Å²) >= 11 is 5.87. The van der Waals surface area contributed by atoms with Crippen molar-refractivity contribution in [1.29, 1.82) is 0 Å². The average Bonchev–Trinajstić information content (AvgIpc) is 2.90. The fourth-order valence-corrected chi connectivity index (χ4v) is 4.46. The second-order valence-electron chi connectivity index (χ2n) is 8.92. The van der Waals surface area contributed by atoms with Crippen LogP contribution in [-0.2, 0) is 33.3 Å². The molecule has 3 aromatic carbocycles. The summed E-state index contributed by atoms with van der Waals surface area (Å²) in [6, 6.07) is 10.4. The van der Waals surface area contributed by atoms with Crippen molar-refractivity contribution in [2.45, 2.75) is 32.4 Å². The summed E-state index contributed by atoms with van der Waals surface area (Å²) in [4.78, 5) is 37.8. The smallest absolute Gasteiger partial charge is 0.418 e. The highest BCUT2D eigenvalue weighted by Crippen LogP contribution is 2.36. The summed E-state index contributed by atoms with van der Waals surface area (Å²) in [7, 11) is 0. The van der Waals surface area contributed by atoms with E-state index in [4.69, 9.17) is 20.8 Å². The topological polar surface area (TPSA) is 85.6 Å². The summed E-state index contributed by atoms with van der Waals surface area (Å²) in [5, 5.41) is 1.83. The Labute approximate surface area is 234 Å². The van der Waals surface area contributed by atoms with Crippen LogP contribution in [0.5, 0.6) is 0 Å². The molecule has 4 aromatic rings. The zero-order valence-electron chi connectivity index (χ0n) is 21.3. The van der Waals surface area contributed by atoms with Crippen LogP contribution >= 0.6 is 11.6 Å². The first-order valence-corrected chi connectivity index (χ1v) is 12.6. The fraction of sp³-hybridized carbons (Fsp3) is 0.207. The number of fused-ring (bicyclic) bond motifs is 1. The van der Waals surface area contributed by atoms with Gasteiger partial charge in [0.25, 0.3) is 0 Å². The van der Waals surface area contributed by atoms with Gasteiger partial charge in [-0.2, -0.15) is 13.2 Å². The van der Waals surface area contributed by atoms with E-state index in [0.717, 1.165) is 24.3 Å². The van der Waals surface area contributed by atoms with Crippen LogP contribution in [0.1, 0.15) is 30.0 Å². The predicted octanol–water partition coefficient (Wildman–Crippen LogP) is 7.09. The number of ether oxygens (including phenoxy) is 1. The number of aryl methyl sites for hydroxylation is 1. The second-order valence-corrected chi connectivity index (χ2v) is 9.33. The molecule has 4 rings (SSSR count). The van der Waals surface area contributed by atoms with E-state index in [2.05, 4.69) is 5.32 Å². The molecule has 0 aliphatic carbocycles. The van der Waals surface area contributed by atoms with E-state index < -0.39 is 53.0 Å². The van der Waals surface area contributed by atoms with Crippen molar-refractivity contribution in [1.82, 2.24) is 0 Å². The van der Waals surface area contributed by atoms with Crippen LogP contribution in [-0.4, -0.2) is 18.5 Å². The van der Waals surface area contributed by atoms with E-state index in [1.54, 1.807) is 31.2 Å². The van der Waals surface area contributed by atoms with Crippen molar-refractivity contribution in [3.63, 3.8) is 0 Å². The molecular weight excluding hydrogens is 573 g/mol. The molecule has 0 bridgehead atoms. The van der Waals surface area contributed by atoms with Crippen molar-refractivity contribution >= 4 is 40.1 Å². The standard InChI is InChI=1S/C29H21ClF5NO5/c1-2-40-26(38)9-6-15-4-3-5-16(10-15)27-18-12-22(32)21(30)14-24(18)41-28(39)19(27)13-25(37)36-23-8-7-17(31)11-20(23)29(33,34)35/h3-5,7-8,10-12,14H,2,6,9,13H2,1H3,(H,36,37). The number of carbonyl (C=O) groups excluding carboxylic acids is 2. The SMILES string of the molecule is CCOC(=O)CCc1cccc(-c2c(CC(=O)Nc3ccc(F)cc3C(F)(F)F)c(=O)oc3cc(Cl)c(F)cc23)c1. The highest BCUT2D eigenvalue weighted by molar-refractivity contribution is 6.31. The van der Waals surface area contributed by atoms with Gasteiger partial charge in [-0.3, -0.25) is 9.59 Å². The van der Waals surface area contributed by atoms with Gasteiger partial charge in [-0.25, -0.2) is 13.6 Å².